The van der Waals surface area contributed by atoms with Gasteiger partial charge in [-0.25, -0.2) is 8.42 Å². The highest BCUT2D eigenvalue weighted by molar-refractivity contribution is 7.99. The summed E-state index contributed by atoms with van der Waals surface area (Å²) in [6, 6.07) is 5.53. The van der Waals surface area contributed by atoms with Crippen LogP contribution in [-0.2, 0) is 14.6 Å². The van der Waals surface area contributed by atoms with E-state index in [-0.39, 0.29) is 23.3 Å². The van der Waals surface area contributed by atoms with Gasteiger partial charge in [0, 0.05) is 23.6 Å². The monoisotopic (exact) mass is 371 g/mol. The van der Waals surface area contributed by atoms with E-state index in [4.69, 9.17) is 5.11 Å². The molecule has 2 rings (SSSR count). The highest BCUT2D eigenvalue weighted by Crippen LogP contribution is 2.23. The standard InChI is InChI=1S/C16H21NO5S2/c1-11(2)24(21,22)14-5-3-12(4-6-14)16(20)17-7-8-23-10-13(17)9-15(18)19/h3-6,11,13H,7-10H2,1-2H3,(H,18,19). The van der Waals surface area contributed by atoms with E-state index in [2.05, 4.69) is 0 Å². The number of hydrogen-bond donors (Lipinski definition) is 1. The van der Waals surface area contributed by atoms with Gasteiger partial charge in [0.05, 0.1) is 22.6 Å². The minimum absolute atomic E-state index is 0.0848. The van der Waals surface area contributed by atoms with Crippen molar-refractivity contribution in [3.63, 3.8) is 0 Å². The zero-order valence-corrected chi connectivity index (χ0v) is 15.3. The normalized spacial score (nSPS) is 18.6. The Morgan fingerprint density at radius 3 is 2.46 bits per heavy atom. The Labute approximate surface area is 146 Å². The van der Waals surface area contributed by atoms with Crippen molar-refractivity contribution in [2.24, 2.45) is 0 Å². The van der Waals surface area contributed by atoms with E-state index in [0.29, 0.717) is 17.9 Å². The van der Waals surface area contributed by atoms with Crippen LogP contribution in [0, 0.1) is 0 Å². The fraction of sp³-hybridized carbons (Fsp3) is 0.500. The Morgan fingerprint density at radius 1 is 1.29 bits per heavy atom. The highest BCUT2D eigenvalue weighted by Gasteiger charge is 2.29. The number of carbonyl (C=O) groups is 2. The largest absolute Gasteiger partial charge is 0.481 e. The molecule has 1 aliphatic heterocycles. The van der Waals surface area contributed by atoms with Crippen LogP contribution in [-0.4, -0.2) is 59.6 Å². The van der Waals surface area contributed by atoms with Gasteiger partial charge in [0.1, 0.15) is 0 Å². The summed E-state index contributed by atoms with van der Waals surface area (Å²) in [6.07, 6.45) is -0.0848. The summed E-state index contributed by atoms with van der Waals surface area (Å²) in [7, 11) is -3.38. The van der Waals surface area contributed by atoms with Crippen LogP contribution >= 0.6 is 11.8 Å². The summed E-state index contributed by atoms with van der Waals surface area (Å²) >= 11 is 1.63. The molecule has 24 heavy (non-hydrogen) atoms. The first-order valence-corrected chi connectivity index (χ1v) is 10.4. The molecule has 8 heteroatoms. The van der Waals surface area contributed by atoms with Crippen molar-refractivity contribution in [2.75, 3.05) is 18.1 Å². The molecule has 0 aliphatic carbocycles. The van der Waals surface area contributed by atoms with Gasteiger partial charge in [-0.2, -0.15) is 11.8 Å². The lowest BCUT2D eigenvalue weighted by molar-refractivity contribution is -0.138. The van der Waals surface area contributed by atoms with Gasteiger partial charge in [0.15, 0.2) is 9.84 Å². The summed E-state index contributed by atoms with van der Waals surface area (Å²) < 4.78 is 24.2. The van der Waals surface area contributed by atoms with E-state index < -0.39 is 21.1 Å². The maximum atomic E-state index is 12.7. The van der Waals surface area contributed by atoms with Crippen molar-refractivity contribution in [1.29, 1.82) is 0 Å². The molecule has 0 spiro atoms. The van der Waals surface area contributed by atoms with Crippen molar-refractivity contribution in [2.45, 2.75) is 36.5 Å². The maximum Gasteiger partial charge on any atom is 0.305 e. The SMILES string of the molecule is CC(C)S(=O)(=O)c1ccc(C(=O)N2CCSCC2CC(=O)O)cc1. The molecule has 1 amide bonds. The number of hydrogen-bond acceptors (Lipinski definition) is 5. The first-order valence-electron chi connectivity index (χ1n) is 7.68. The van der Waals surface area contributed by atoms with Crippen molar-refractivity contribution in [3.8, 4) is 0 Å². The number of sulfone groups is 1. The maximum absolute atomic E-state index is 12.7. The molecule has 1 N–H and O–H groups in total. The number of nitrogens with zero attached hydrogens (tertiary/aromatic N) is 1. The van der Waals surface area contributed by atoms with E-state index >= 15 is 0 Å². The lowest BCUT2D eigenvalue weighted by atomic mass is 10.1. The van der Waals surface area contributed by atoms with Crippen LogP contribution in [0.15, 0.2) is 29.2 Å². The topological polar surface area (TPSA) is 91.8 Å². The number of thioether (sulfide) groups is 1. The first kappa shape index (κ1) is 18.8. The summed E-state index contributed by atoms with van der Waals surface area (Å²) in [5, 5.41) is 8.47. The van der Waals surface area contributed by atoms with Gasteiger partial charge >= 0.3 is 5.97 Å². The number of carboxylic acid groups (broad SMARTS) is 1. The number of carboxylic acids is 1. The number of benzene rings is 1. The van der Waals surface area contributed by atoms with Gasteiger partial charge in [-0.15, -0.1) is 0 Å². The molecule has 0 saturated carbocycles. The van der Waals surface area contributed by atoms with Crippen molar-refractivity contribution in [3.05, 3.63) is 29.8 Å². The van der Waals surface area contributed by atoms with Crippen LogP contribution in [0.25, 0.3) is 0 Å². The van der Waals surface area contributed by atoms with E-state index in [1.807, 2.05) is 0 Å². The second kappa shape index (κ2) is 7.57. The number of aliphatic carboxylic acids is 1. The summed E-state index contributed by atoms with van der Waals surface area (Å²) in [4.78, 5) is 25.4. The molecule has 1 aromatic rings. The molecule has 1 unspecified atom stereocenters. The Hall–Kier alpha value is -1.54. The van der Waals surface area contributed by atoms with Crippen molar-refractivity contribution >= 4 is 33.5 Å². The first-order chi connectivity index (χ1) is 11.2. The Kier molecular flexibility index (Phi) is 5.92. The van der Waals surface area contributed by atoms with Gasteiger partial charge in [-0.05, 0) is 38.1 Å². The molecule has 0 radical (unpaired) electrons. The molecular weight excluding hydrogens is 350 g/mol. The quantitative estimate of drug-likeness (QED) is 0.850. The minimum atomic E-state index is -3.38. The second-order valence-electron chi connectivity index (χ2n) is 5.94. The molecule has 1 heterocycles. The average Bonchev–Trinajstić information content (AvgIpc) is 2.54. The van der Waals surface area contributed by atoms with Gasteiger partial charge < -0.3 is 10.0 Å². The second-order valence-corrected chi connectivity index (χ2v) is 9.60. The molecule has 132 valence electrons. The third kappa shape index (κ3) is 4.10. The Bertz CT molecular complexity index is 712. The van der Waals surface area contributed by atoms with E-state index in [1.165, 1.54) is 24.3 Å². The molecule has 1 saturated heterocycles. The fourth-order valence-electron chi connectivity index (χ4n) is 2.52. The molecule has 6 nitrogen and oxygen atoms in total. The smallest absolute Gasteiger partial charge is 0.305 e. The van der Waals surface area contributed by atoms with Gasteiger partial charge in [-0.3, -0.25) is 9.59 Å². The summed E-state index contributed by atoms with van der Waals surface area (Å²) in [6.45, 7) is 3.71. The fourth-order valence-corrected chi connectivity index (χ4v) is 4.64. The van der Waals surface area contributed by atoms with E-state index in [9.17, 15) is 18.0 Å². The van der Waals surface area contributed by atoms with E-state index in [0.717, 1.165) is 5.75 Å². The Balaban J connectivity index is 2.21. The summed E-state index contributed by atoms with van der Waals surface area (Å²) in [5.74, 6) is 0.174. The number of rotatable bonds is 5. The van der Waals surface area contributed by atoms with Crippen LogP contribution in [0.2, 0.25) is 0 Å². The molecule has 1 aromatic carbocycles. The van der Waals surface area contributed by atoms with Crippen LogP contribution in [0.3, 0.4) is 0 Å². The minimum Gasteiger partial charge on any atom is -0.481 e. The van der Waals surface area contributed by atoms with Crippen LogP contribution < -0.4 is 0 Å². The van der Waals surface area contributed by atoms with Crippen LogP contribution in [0.4, 0.5) is 0 Å². The number of amides is 1. The zero-order chi connectivity index (χ0) is 17.9. The van der Waals surface area contributed by atoms with Crippen LogP contribution in [0.5, 0.6) is 0 Å². The van der Waals surface area contributed by atoms with Crippen molar-refractivity contribution < 1.29 is 23.1 Å². The third-order valence-electron chi connectivity index (χ3n) is 3.95. The van der Waals surface area contributed by atoms with Gasteiger partial charge in [-0.1, -0.05) is 0 Å². The summed E-state index contributed by atoms with van der Waals surface area (Å²) in [5.41, 5.74) is 0.375. The predicted molar refractivity (Wildman–Crippen MR) is 93.2 cm³/mol. The number of carbonyl (C=O) groups excluding carboxylic acids is 1. The third-order valence-corrected chi connectivity index (χ3v) is 7.21. The molecular formula is C16H21NO5S2. The molecule has 1 fully saturated rings. The molecule has 1 atom stereocenters. The lowest BCUT2D eigenvalue weighted by Gasteiger charge is -2.34. The highest BCUT2D eigenvalue weighted by atomic mass is 32.2. The van der Waals surface area contributed by atoms with Gasteiger partial charge in [0.25, 0.3) is 5.91 Å². The predicted octanol–water partition coefficient (Wildman–Crippen LogP) is 1.90. The van der Waals surface area contributed by atoms with Crippen LogP contribution in [0.1, 0.15) is 30.6 Å². The Morgan fingerprint density at radius 2 is 1.92 bits per heavy atom. The lowest BCUT2D eigenvalue weighted by Crippen LogP contribution is -2.47. The average molecular weight is 371 g/mol. The molecule has 0 aromatic heterocycles. The molecule has 1 aliphatic rings. The van der Waals surface area contributed by atoms with Gasteiger partial charge in [0.2, 0.25) is 0 Å². The molecule has 0 bridgehead atoms. The van der Waals surface area contributed by atoms with E-state index in [1.54, 1.807) is 30.5 Å². The van der Waals surface area contributed by atoms with Crippen molar-refractivity contribution in [1.82, 2.24) is 4.90 Å². The zero-order valence-electron chi connectivity index (χ0n) is 13.6.